The number of rotatable bonds is 5. The average molecular weight is 437 g/mol. The summed E-state index contributed by atoms with van der Waals surface area (Å²) in [6.07, 6.45) is 1.73. The molecule has 0 saturated carbocycles. The van der Waals surface area contributed by atoms with Gasteiger partial charge in [0.2, 0.25) is 0 Å². The molecule has 1 fully saturated rings. The first kappa shape index (κ1) is 20.5. The summed E-state index contributed by atoms with van der Waals surface area (Å²) in [7, 11) is -4.24. The van der Waals surface area contributed by atoms with E-state index < -0.39 is 39.9 Å². The number of aryl methyl sites for hydroxylation is 1. The summed E-state index contributed by atoms with van der Waals surface area (Å²) in [5.41, 5.74) is 1.02. The molecule has 0 radical (unpaired) electrons. The number of fused-ring (bicyclic) bond motifs is 1. The zero-order valence-corrected chi connectivity index (χ0v) is 16.9. The van der Waals surface area contributed by atoms with E-state index >= 15 is 4.39 Å². The number of nitrogens with one attached hydrogen (secondary N) is 1. The lowest BCUT2D eigenvalue weighted by atomic mass is 9.97. The number of halogens is 2. The van der Waals surface area contributed by atoms with Crippen LogP contribution in [0.5, 0.6) is 5.75 Å². The fraction of sp³-hybridized carbons (Fsp3) is 0.350. The fourth-order valence-electron chi connectivity index (χ4n) is 3.96. The minimum Gasteiger partial charge on any atom is -0.506 e. The van der Waals surface area contributed by atoms with Crippen LogP contribution in [0.25, 0.3) is 0 Å². The van der Waals surface area contributed by atoms with Crippen molar-refractivity contribution >= 4 is 21.8 Å². The number of phenolic OH excluding ortho intramolecular Hbond substituents is 1. The molecule has 10 heteroatoms. The Morgan fingerprint density at radius 1 is 1.17 bits per heavy atom. The van der Waals surface area contributed by atoms with E-state index in [4.69, 9.17) is 0 Å². The first-order valence-corrected chi connectivity index (χ1v) is 11.0. The molecule has 0 atom stereocenters. The second-order valence-electron chi connectivity index (χ2n) is 7.45. The van der Waals surface area contributed by atoms with Crippen LogP contribution < -0.4 is 9.03 Å². The number of carbonyl (C=O) groups excluding carboxylic acids is 1. The Hall–Kier alpha value is -2.72. The molecule has 2 N–H and O–H groups in total. The van der Waals surface area contributed by atoms with Crippen molar-refractivity contribution < 1.29 is 27.1 Å². The Morgan fingerprint density at radius 2 is 1.93 bits per heavy atom. The molecule has 2 aromatic rings. The SMILES string of the molecule is O=C1CN(c2c(O)cc3c(c2F)CN(CCCc2ccccc2F)CC3)S(=O)(=O)N1. The zero-order chi connectivity index (χ0) is 21.5. The summed E-state index contributed by atoms with van der Waals surface area (Å²) in [5, 5.41) is 10.3. The van der Waals surface area contributed by atoms with E-state index in [1.807, 2.05) is 4.90 Å². The highest BCUT2D eigenvalue weighted by Crippen LogP contribution is 2.39. The highest BCUT2D eigenvalue weighted by atomic mass is 32.2. The van der Waals surface area contributed by atoms with Crippen LogP contribution >= 0.6 is 0 Å². The quantitative estimate of drug-likeness (QED) is 0.745. The van der Waals surface area contributed by atoms with Gasteiger partial charge in [0.25, 0.3) is 5.91 Å². The van der Waals surface area contributed by atoms with Crippen LogP contribution in [0.4, 0.5) is 14.5 Å². The highest BCUT2D eigenvalue weighted by molar-refractivity contribution is 7.92. The van der Waals surface area contributed by atoms with Crippen LogP contribution in [0.1, 0.15) is 23.1 Å². The monoisotopic (exact) mass is 437 g/mol. The Balaban J connectivity index is 1.52. The lowest BCUT2D eigenvalue weighted by Crippen LogP contribution is -2.34. The first-order valence-electron chi connectivity index (χ1n) is 9.58. The maximum absolute atomic E-state index is 15.3. The number of carbonyl (C=O) groups is 1. The topological polar surface area (TPSA) is 90.0 Å². The Morgan fingerprint density at radius 3 is 2.63 bits per heavy atom. The maximum Gasteiger partial charge on any atom is 0.326 e. The minimum absolute atomic E-state index is 0.237. The molecular formula is C20H21F2N3O4S. The molecular weight excluding hydrogens is 416 g/mol. The standard InChI is InChI=1S/C20H21F2N3O4S/c21-16-6-2-1-4-13(16)5-3-8-24-9-7-14-10-17(26)20(19(22)15(14)11-24)25-12-18(27)23-30(25,28)29/h1-2,4,6,10,26H,3,5,7-9,11-12H2,(H,23,27). The summed E-state index contributed by atoms with van der Waals surface area (Å²) in [6.45, 7) is 0.912. The van der Waals surface area contributed by atoms with E-state index in [1.54, 1.807) is 22.9 Å². The summed E-state index contributed by atoms with van der Waals surface area (Å²) in [5.74, 6) is -2.40. The number of anilines is 1. The maximum atomic E-state index is 15.3. The molecule has 0 aliphatic carbocycles. The molecule has 0 spiro atoms. The number of aromatic hydroxyl groups is 1. The van der Waals surface area contributed by atoms with Gasteiger partial charge in [0.05, 0.1) is 0 Å². The molecule has 30 heavy (non-hydrogen) atoms. The number of hydrogen-bond donors (Lipinski definition) is 2. The Labute approximate surface area is 173 Å². The van der Waals surface area contributed by atoms with Crippen molar-refractivity contribution in [3.63, 3.8) is 0 Å². The van der Waals surface area contributed by atoms with E-state index in [1.165, 1.54) is 12.1 Å². The van der Waals surface area contributed by atoms with Crippen molar-refractivity contribution in [1.29, 1.82) is 0 Å². The van der Waals surface area contributed by atoms with Gasteiger partial charge >= 0.3 is 10.2 Å². The van der Waals surface area contributed by atoms with Crippen LogP contribution in [0.3, 0.4) is 0 Å². The molecule has 2 heterocycles. The van der Waals surface area contributed by atoms with Gasteiger partial charge in [0.1, 0.15) is 23.8 Å². The fourth-order valence-corrected chi connectivity index (χ4v) is 5.12. The number of benzene rings is 2. The highest BCUT2D eigenvalue weighted by Gasteiger charge is 2.38. The van der Waals surface area contributed by atoms with Gasteiger partial charge in [0.15, 0.2) is 5.82 Å². The number of phenols is 1. The lowest BCUT2D eigenvalue weighted by Gasteiger charge is -2.30. The molecule has 1 saturated heterocycles. The predicted octanol–water partition coefficient (Wildman–Crippen LogP) is 1.84. The van der Waals surface area contributed by atoms with Crippen molar-refractivity contribution in [1.82, 2.24) is 9.62 Å². The van der Waals surface area contributed by atoms with Gasteiger partial charge in [-0.3, -0.25) is 9.69 Å². The molecule has 2 aliphatic rings. The van der Waals surface area contributed by atoms with Crippen molar-refractivity contribution in [3.05, 3.63) is 58.7 Å². The third-order valence-electron chi connectivity index (χ3n) is 5.44. The third-order valence-corrected chi connectivity index (χ3v) is 6.82. The average Bonchev–Trinajstić information content (AvgIpc) is 2.95. The summed E-state index contributed by atoms with van der Waals surface area (Å²) in [4.78, 5) is 13.5. The number of hydrogen-bond acceptors (Lipinski definition) is 5. The molecule has 0 bridgehead atoms. The normalized spacial score (nSPS) is 18.3. The van der Waals surface area contributed by atoms with Gasteiger partial charge < -0.3 is 5.11 Å². The van der Waals surface area contributed by atoms with E-state index in [-0.39, 0.29) is 12.4 Å². The third kappa shape index (κ3) is 3.84. The van der Waals surface area contributed by atoms with E-state index in [2.05, 4.69) is 0 Å². The molecule has 0 aromatic heterocycles. The van der Waals surface area contributed by atoms with Crippen molar-refractivity contribution in [3.8, 4) is 5.75 Å². The summed E-state index contributed by atoms with van der Waals surface area (Å²) >= 11 is 0. The van der Waals surface area contributed by atoms with Crippen molar-refractivity contribution in [2.75, 3.05) is 23.9 Å². The molecule has 1 amide bonds. The lowest BCUT2D eigenvalue weighted by molar-refractivity contribution is -0.117. The van der Waals surface area contributed by atoms with Gasteiger partial charge in [-0.05, 0) is 49.1 Å². The van der Waals surface area contributed by atoms with Gasteiger partial charge in [-0.25, -0.2) is 17.8 Å². The number of amides is 1. The van der Waals surface area contributed by atoms with E-state index in [0.717, 1.165) is 0 Å². The summed E-state index contributed by atoms with van der Waals surface area (Å²) < 4.78 is 55.5. The number of nitrogens with zero attached hydrogens (tertiary/aromatic N) is 2. The largest absolute Gasteiger partial charge is 0.506 e. The second kappa shape index (κ2) is 7.84. The van der Waals surface area contributed by atoms with E-state index in [0.29, 0.717) is 53.3 Å². The van der Waals surface area contributed by atoms with Crippen LogP contribution in [0.2, 0.25) is 0 Å². The predicted molar refractivity (Wildman–Crippen MR) is 106 cm³/mol. The van der Waals surface area contributed by atoms with Crippen LogP contribution in [0, 0.1) is 11.6 Å². The van der Waals surface area contributed by atoms with Gasteiger partial charge in [0, 0.05) is 18.7 Å². The minimum atomic E-state index is -4.24. The molecule has 7 nitrogen and oxygen atoms in total. The molecule has 2 aliphatic heterocycles. The molecule has 2 aromatic carbocycles. The molecule has 160 valence electrons. The van der Waals surface area contributed by atoms with Crippen molar-refractivity contribution in [2.24, 2.45) is 0 Å². The van der Waals surface area contributed by atoms with Crippen LogP contribution in [0.15, 0.2) is 30.3 Å². The molecule has 0 unspecified atom stereocenters. The summed E-state index contributed by atoms with van der Waals surface area (Å²) in [6, 6.07) is 7.94. The van der Waals surface area contributed by atoms with E-state index in [9.17, 15) is 22.7 Å². The first-order chi connectivity index (χ1) is 14.3. The molecule has 4 rings (SSSR count). The van der Waals surface area contributed by atoms with Crippen LogP contribution in [-0.4, -0.2) is 44.0 Å². The van der Waals surface area contributed by atoms with Crippen molar-refractivity contribution in [2.45, 2.75) is 25.8 Å². The second-order valence-corrected chi connectivity index (χ2v) is 9.05. The van der Waals surface area contributed by atoms with Crippen LogP contribution in [-0.2, 0) is 34.4 Å². The van der Waals surface area contributed by atoms with Gasteiger partial charge in [-0.2, -0.15) is 8.42 Å². The Kier molecular flexibility index (Phi) is 5.37. The smallest absolute Gasteiger partial charge is 0.326 e. The van der Waals surface area contributed by atoms with Gasteiger partial charge in [-0.1, -0.05) is 18.2 Å². The van der Waals surface area contributed by atoms with Gasteiger partial charge in [-0.15, -0.1) is 0 Å². The zero-order valence-electron chi connectivity index (χ0n) is 16.1. The Bertz CT molecular complexity index is 1110.